The van der Waals surface area contributed by atoms with E-state index in [1.165, 1.54) is 6.21 Å². The van der Waals surface area contributed by atoms with E-state index in [0.29, 0.717) is 11.5 Å². The van der Waals surface area contributed by atoms with Crippen LogP contribution in [0, 0.1) is 6.92 Å². The van der Waals surface area contributed by atoms with Crippen LogP contribution in [0.3, 0.4) is 0 Å². The number of ether oxygens (including phenoxy) is 1. The molecule has 1 amide bonds. The maximum Gasteiger partial charge on any atom is 0.433 e. The van der Waals surface area contributed by atoms with Gasteiger partial charge in [-0.1, -0.05) is 18.2 Å². The second-order valence-electron chi connectivity index (χ2n) is 3.52. The Balaban J connectivity index is 1.83. The van der Waals surface area contributed by atoms with Gasteiger partial charge in [0.05, 0.1) is 6.21 Å². The first kappa shape index (κ1) is 11.9. The molecular formula is C13H12N2O3. The average Bonchev–Trinajstić information content (AvgIpc) is 2.76. The predicted octanol–water partition coefficient (Wildman–Crippen LogP) is 2.71. The summed E-state index contributed by atoms with van der Waals surface area (Å²) in [6.45, 7) is 1.83. The molecular weight excluding hydrogens is 232 g/mol. The highest BCUT2D eigenvalue weighted by Crippen LogP contribution is 2.08. The van der Waals surface area contributed by atoms with E-state index < -0.39 is 6.09 Å². The minimum absolute atomic E-state index is 0.457. The molecule has 5 nitrogen and oxygen atoms in total. The number of furan rings is 1. The molecule has 0 aliphatic heterocycles. The number of amides is 1. The predicted molar refractivity (Wildman–Crippen MR) is 66.6 cm³/mol. The third-order valence-corrected chi connectivity index (χ3v) is 2.06. The van der Waals surface area contributed by atoms with E-state index in [9.17, 15) is 4.79 Å². The summed E-state index contributed by atoms with van der Waals surface area (Å²) in [7, 11) is 0. The molecule has 18 heavy (non-hydrogen) atoms. The van der Waals surface area contributed by atoms with Crippen molar-refractivity contribution in [2.24, 2.45) is 5.10 Å². The van der Waals surface area contributed by atoms with Crippen LogP contribution < -0.4 is 10.2 Å². The number of hydrogen-bond acceptors (Lipinski definition) is 4. The summed E-state index contributed by atoms with van der Waals surface area (Å²) < 4.78 is 10.2. The Kier molecular flexibility index (Phi) is 3.76. The van der Waals surface area contributed by atoms with Gasteiger partial charge in [0.2, 0.25) is 0 Å². The van der Waals surface area contributed by atoms with Gasteiger partial charge < -0.3 is 9.15 Å². The lowest BCUT2D eigenvalue weighted by Gasteiger charge is -2.01. The monoisotopic (exact) mass is 244 g/mol. The van der Waals surface area contributed by atoms with Gasteiger partial charge in [-0.05, 0) is 31.2 Å². The first-order valence-corrected chi connectivity index (χ1v) is 5.36. The normalized spacial score (nSPS) is 10.5. The van der Waals surface area contributed by atoms with Gasteiger partial charge in [-0.25, -0.2) is 10.2 Å². The zero-order valence-electron chi connectivity index (χ0n) is 9.79. The van der Waals surface area contributed by atoms with Crippen LogP contribution in [0.1, 0.15) is 11.5 Å². The molecule has 1 N–H and O–H groups in total. The SMILES string of the molecule is Cc1ccc(C=NNC(=O)Oc2ccccc2)o1. The smallest absolute Gasteiger partial charge is 0.433 e. The van der Waals surface area contributed by atoms with Crippen molar-refractivity contribution < 1.29 is 13.9 Å². The summed E-state index contributed by atoms with van der Waals surface area (Å²) in [5, 5.41) is 3.71. The Morgan fingerprint density at radius 3 is 2.72 bits per heavy atom. The van der Waals surface area contributed by atoms with E-state index in [1.54, 1.807) is 30.3 Å². The van der Waals surface area contributed by atoms with Gasteiger partial charge >= 0.3 is 6.09 Å². The van der Waals surface area contributed by atoms with E-state index >= 15 is 0 Å². The number of nitrogens with zero attached hydrogens (tertiary/aromatic N) is 1. The molecule has 92 valence electrons. The van der Waals surface area contributed by atoms with Crippen LogP contribution in [0.25, 0.3) is 0 Å². The number of hydrazone groups is 1. The largest absolute Gasteiger partial charge is 0.460 e. The highest BCUT2D eigenvalue weighted by atomic mass is 16.6. The molecule has 1 heterocycles. The second-order valence-corrected chi connectivity index (χ2v) is 3.52. The van der Waals surface area contributed by atoms with E-state index in [4.69, 9.17) is 9.15 Å². The highest BCUT2D eigenvalue weighted by Gasteiger charge is 2.01. The van der Waals surface area contributed by atoms with Crippen LogP contribution in [0.4, 0.5) is 4.79 Å². The maximum absolute atomic E-state index is 11.3. The zero-order chi connectivity index (χ0) is 12.8. The van der Waals surface area contributed by atoms with Gasteiger partial charge in [-0.3, -0.25) is 0 Å². The van der Waals surface area contributed by atoms with E-state index in [-0.39, 0.29) is 0 Å². The van der Waals surface area contributed by atoms with Crippen molar-refractivity contribution in [1.29, 1.82) is 0 Å². The molecule has 0 saturated carbocycles. The van der Waals surface area contributed by atoms with E-state index in [2.05, 4.69) is 10.5 Å². The molecule has 0 aliphatic carbocycles. The summed E-state index contributed by atoms with van der Waals surface area (Å²) in [5.41, 5.74) is 2.24. The van der Waals surface area contributed by atoms with Crippen molar-refractivity contribution in [3.8, 4) is 5.75 Å². The van der Waals surface area contributed by atoms with Crippen molar-refractivity contribution >= 4 is 12.3 Å². The Morgan fingerprint density at radius 1 is 1.28 bits per heavy atom. The summed E-state index contributed by atoms with van der Waals surface area (Å²) in [4.78, 5) is 11.3. The lowest BCUT2D eigenvalue weighted by molar-refractivity contribution is 0.201. The summed E-state index contributed by atoms with van der Waals surface area (Å²) in [6, 6.07) is 12.3. The van der Waals surface area contributed by atoms with Gasteiger partial charge in [0.1, 0.15) is 17.3 Å². The average molecular weight is 244 g/mol. The molecule has 0 saturated heterocycles. The van der Waals surface area contributed by atoms with Gasteiger partial charge in [-0.15, -0.1) is 0 Å². The molecule has 0 atom stereocenters. The van der Waals surface area contributed by atoms with Crippen molar-refractivity contribution in [3.63, 3.8) is 0 Å². The van der Waals surface area contributed by atoms with Crippen LogP contribution in [0.5, 0.6) is 5.75 Å². The topological polar surface area (TPSA) is 63.8 Å². The number of carbonyl (C=O) groups excluding carboxylic acids is 1. The molecule has 2 rings (SSSR count). The number of carbonyl (C=O) groups is 1. The minimum atomic E-state index is -0.652. The third kappa shape index (κ3) is 3.48. The Bertz CT molecular complexity index is 546. The first-order chi connectivity index (χ1) is 8.74. The second kappa shape index (κ2) is 5.67. The summed E-state index contributed by atoms with van der Waals surface area (Å²) >= 11 is 0. The third-order valence-electron chi connectivity index (χ3n) is 2.06. The highest BCUT2D eigenvalue weighted by molar-refractivity contribution is 5.78. The van der Waals surface area contributed by atoms with Crippen molar-refractivity contribution in [1.82, 2.24) is 5.43 Å². The van der Waals surface area contributed by atoms with E-state index in [1.807, 2.05) is 19.1 Å². The Labute approximate surface area is 104 Å². The first-order valence-electron chi connectivity index (χ1n) is 5.36. The lowest BCUT2D eigenvalue weighted by Crippen LogP contribution is -2.21. The fraction of sp³-hybridized carbons (Fsp3) is 0.0769. The number of aryl methyl sites for hydroxylation is 1. The standard InChI is InChI=1S/C13H12N2O3/c1-10-7-8-12(17-10)9-14-15-13(16)18-11-5-3-2-4-6-11/h2-9H,1H3,(H,15,16). The fourth-order valence-electron chi connectivity index (χ4n) is 1.29. The Hall–Kier alpha value is -2.56. The van der Waals surface area contributed by atoms with Gasteiger partial charge in [0, 0.05) is 0 Å². The fourth-order valence-corrected chi connectivity index (χ4v) is 1.29. The molecule has 1 aromatic carbocycles. The number of benzene rings is 1. The minimum Gasteiger partial charge on any atom is -0.460 e. The summed E-state index contributed by atoms with van der Waals surface area (Å²) in [5.74, 6) is 1.80. The lowest BCUT2D eigenvalue weighted by atomic mass is 10.3. The molecule has 2 aromatic rings. The van der Waals surface area contributed by atoms with Gasteiger partial charge in [-0.2, -0.15) is 5.10 Å². The van der Waals surface area contributed by atoms with Crippen molar-refractivity contribution in [2.75, 3.05) is 0 Å². The summed E-state index contributed by atoms with van der Waals surface area (Å²) in [6.07, 6.45) is 0.750. The van der Waals surface area contributed by atoms with Crippen LogP contribution in [0.15, 0.2) is 52.0 Å². The molecule has 0 radical (unpaired) electrons. The van der Waals surface area contributed by atoms with Crippen LogP contribution >= 0.6 is 0 Å². The molecule has 0 bridgehead atoms. The molecule has 1 aromatic heterocycles. The number of hydrogen-bond donors (Lipinski definition) is 1. The van der Waals surface area contributed by atoms with Gasteiger partial charge in [0.25, 0.3) is 0 Å². The van der Waals surface area contributed by atoms with E-state index in [0.717, 1.165) is 5.76 Å². The molecule has 0 spiro atoms. The zero-order valence-corrected chi connectivity index (χ0v) is 9.79. The maximum atomic E-state index is 11.3. The number of nitrogens with one attached hydrogen (secondary N) is 1. The van der Waals surface area contributed by atoms with Crippen LogP contribution in [0.2, 0.25) is 0 Å². The number of rotatable bonds is 3. The van der Waals surface area contributed by atoms with Crippen molar-refractivity contribution in [3.05, 3.63) is 54.0 Å². The molecule has 0 unspecified atom stereocenters. The van der Waals surface area contributed by atoms with Crippen LogP contribution in [-0.2, 0) is 0 Å². The number of para-hydroxylation sites is 1. The quantitative estimate of drug-likeness (QED) is 0.667. The Morgan fingerprint density at radius 2 is 2.06 bits per heavy atom. The van der Waals surface area contributed by atoms with Gasteiger partial charge in [0.15, 0.2) is 0 Å². The molecule has 0 aliphatic rings. The molecule has 0 fully saturated rings. The molecule has 5 heteroatoms. The van der Waals surface area contributed by atoms with Crippen LogP contribution in [-0.4, -0.2) is 12.3 Å². The van der Waals surface area contributed by atoms with Crippen molar-refractivity contribution in [2.45, 2.75) is 6.92 Å².